The number of halogens is 3. The molecular weight excluding hydrogens is 289 g/mol. The molecule has 3 heterocycles. The van der Waals surface area contributed by atoms with Crippen LogP contribution in [0.1, 0.15) is 0 Å². The molecular formula is C9H17F3N2O4S. The van der Waals surface area contributed by atoms with E-state index in [9.17, 15) is 13.2 Å². The lowest BCUT2D eigenvalue weighted by atomic mass is 10.1. The van der Waals surface area contributed by atoms with Crippen LogP contribution in [0.3, 0.4) is 0 Å². The van der Waals surface area contributed by atoms with Crippen molar-refractivity contribution in [1.29, 1.82) is 0 Å². The minimum Gasteiger partial charge on any atom is -0.741 e. The van der Waals surface area contributed by atoms with Crippen LogP contribution in [0.4, 0.5) is 13.2 Å². The van der Waals surface area contributed by atoms with Gasteiger partial charge in [-0.25, -0.2) is 8.42 Å². The summed E-state index contributed by atoms with van der Waals surface area (Å²) in [7, 11) is -6.09. The van der Waals surface area contributed by atoms with Crippen molar-refractivity contribution in [3.05, 3.63) is 0 Å². The molecule has 114 valence electrons. The molecule has 0 aromatic heterocycles. The number of hydrogen-bond donors (Lipinski definition) is 1. The molecule has 3 fully saturated rings. The molecule has 0 saturated carbocycles. The van der Waals surface area contributed by atoms with E-state index in [0.717, 1.165) is 6.54 Å². The van der Waals surface area contributed by atoms with Gasteiger partial charge in [0.2, 0.25) is 0 Å². The van der Waals surface area contributed by atoms with Crippen LogP contribution < -0.4 is 0 Å². The van der Waals surface area contributed by atoms with Gasteiger partial charge in [-0.3, -0.25) is 4.90 Å². The van der Waals surface area contributed by atoms with Crippen molar-refractivity contribution in [2.45, 2.75) is 5.51 Å². The summed E-state index contributed by atoms with van der Waals surface area (Å²) in [5.41, 5.74) is -5.65. The number of hydrogen-bond acceptors (Lipinski definition) is 5. The van der Waals surface area contributed by atoms with Gasteiger partial charge in [-0.1, -0.05) is 0 Å². The van der Waals surface area contributed by atoms with Crippen LogP contribution in [-0.2, 0) is 10.1 Å². The van der Waals surface area contributed by atoms with Crippen molar-refractivity contribution >= 4 is 10.1 Å². The number of alkyl halides is 3. The van der Waals surface area contributed by atoms with Crippen LogP contribution in [0.25, 0.3) is 0 Å². The van der Waals surface area contributed by atoms with E-state index in [1.165, 1.54) is 43.8 Å². The fourth-order valence-corrected chi connectivity index (χ4v) is 2.28. The maximum absolute atomic E-state index is 10.7. The van der Waals surface area contributed by atoms with Crippen LogP contribution >= 0.6 is 0 Å². The van der Waals surface area contributed by atoms with Crippen molar-refractivity contribution in [2.24, 2.45) is 0 Å². The number of piperazine rings is 3. The second-order valence-electron chi connectivity index (χ2n) is 4.70. The van der Waals surface area contributed by atoms with Gasteiger partial charge in [0.25, 0.3) is 0 Å². The van der Waals surface area contributed by atoms with E-state index in [-0.39, 0.29) is 0 Å². The predicted octanol–water partition coefficient (Wildman–Crippen LogP) is -0.824. The van der Waals surface area contributed by atoms with Crippen LogP contribution in [0, 0.1) is 0 Å². The fourth-order valence-electron chi connectivity index (χ4n) is 2.28. The van der Waals surface area contributed by atoms with Gasteiger partial charge in [-0.2, -0.15) is 13.2 Å². The Morgan fingerprint density at radius 2 is 1.53 bits per heavy atom. The van der Waals surface area contributed by atoms with Gasteiger partial charge in [0.05, 0.1) is 26.2 Å². The Bertz CT molecular complexity index is 371. The summed E-state index contributed by atoms with van der Waals surface area (Å²) in [5.74, 6) is 0. The maximum atomic E-state index is 10.7. The summed E-state index contributed by atoms with van der Waals surface area (Å²) in [6, 6.07) is 0. The minimum atomic E-state index is -6.09. The normalized spacial score (nSPS) is 30.7. The molecule has 10 heteroatoms. The molecule has 0 unspecified atom stereocenters. The van der Waals surface area contributed by atoms with Gasteiger partial charge in [0.15, 0.2) is 10.1 Å². The molecule has 0 aromatic carbocycles. The van der Waals surface area contributed by atoms with Crippen molar-refractivity contribution < 1.29 is 35.7 Å². The van der Waals surface area contributed by atoms with Crippen molar-refractivity contribution in [3.8, 4) is 0 Å². The van der Waals surface area contributed by atoms with E-state index >= 15 is 0 Å². The molecule has 6 nitrogen and oxygen atoms in total. The zero-order chi connectivity index (χ0) is 14.7. The number of aliphatic hydroxyl groups is 1. The Balaban J connectivity index is 0.000000203. The lowest BCUT2D eigenvalue weighted by Gasteiger charge is -2.50. The molecule has 2 bridgehead atoms. The molecule has 0 radical (unpaired) electrons. The van der Waals surface area contributed by atoms with Crippen LogP contribution in [0.2, 0.25) is 0 Å². The first kappa shape index (κ1) is 16.6. The first-order valence-corrected chi connectivity index (χ1v) is 7.21. The third-order valence-corrected chi connectivity index (χ3v) is 4.10. The van der Waals surface area contributed by atoms with Crippen LogP contribution in [0.5, 0.6) is 0 Å². The van der Waals surface area contributed by atoms with Gasteiger partial charge in [-0.15, -0.1) is 0 Å². The quantitative estimate of drug-likeness (QED) is 0.409. The topological polar surface area (TPSA) is 80.7 Å². The van der Waals surface area contributed by atoms with Crippen molar-refractivity contribution in [3.63, 3.8) is 0 Å². The number of fused-ring (bicyclic) bond motifs is 3. The third-order valence-electron chi connectivity index (χ3n) is 3.53. The highest BCUT2D eigenvalue weighted by molar-refractivity contribution is 7.86. The van der Waals surface area contributed by atoms with E-state index in [0.29, 0.717) is 6.61 Å². The van der Waals surface area contributed by atoms with Gasteiger partial charge in [0.1, 0.15) is 6.54 Å². The van der Waals surface area contributed by atoms with E-state index in [2.05, 4.69) is 4.90 Å². The van der Waals surface area contributed by atoms with E-state index in [4.69, 9.17) is 18.1 Å². The molecule has 19 heavy (non-hydrogen) atoms. The second-order valence-corrected chi connectivity index (χ2v) is 6.07. The Labute approximate surface area is 109 Å². The highest BCUT2D eigenvalue weighted by Crippen LogP contribution is 2.20. The lowest BCUT2D eigenvalue weighted by molar-refractivity contribution is -0.941. The van der Waals surface area contributed by atoms with Crippen LogP contribution in [0.15, 0.2) is 0 Å². The Morgan fingerprint density at radius 3 is 1.79 bits per heavy atom. The summed E-state index contributed by atoms with van der Waals surface area (Å²) in [4.78, 5) is 2.53. The molecule has 3 rings (SSSR count). The van der Waals surface area contributed by atoms with Gasteiger partial charge in [0, 0.05) is 19.6 Å². The Hall–Kier alpha value is -0.420. The largest absolute Gasteiger partial charge is 0.741 e. The fraction of sp³-hybridized carbons (Fsp3) is 1.00. The van der Waals surface area contributed by atoms with E-state index in [1.54, 1.807) is 0 Å². The average molecular weight is 306 g/mol. The maximum Gasteiger partial charge on any atom is 0.485 e. The van der Waals surface area contributed by atoms with Crippen molar-refractivity contribution in [2.75, 3.05) is 52.4 Å². The van der Waals surface area contributed by atoms with E-state index < -0.39 is 15.6 Å². The number of rotatable bonds is 2. The molecule has 0 atom stereocenters. The summed E-state index contributed by atoms with van der Waals surface area (Å²) in [6.07, 6.45) is 0. The van der Waals surface area contributed by atoms with Gasteiger partial charge < -0.3 is 14.1 Å². The SMILES string of the molecule is O=S(=O)([O-])C(F)(F)F.OCC[N+]12CCN(CC1)CC2. The zero-order valence-corrected chi connectivity index (χ0v) is 11.1. The summed E-state index contributed by atoms with van der Waals surface area (Å²) < 4.78 is 60.1. The number of quaternary nitrogens is 1. The third kappa shape index (κ3) is 4.56. The standard InChI is InChI=1S/C8H17N2O.CHF3O3S/c11-8-7-10-4-1-9(2-5-10)3-6-10;2-1(3,4)8(5,6)7/h11H,1-8H2;(H,5,6,7)/q+1;/p-1. The van der Waals surface area contributed by atoms with Crippen molar-refractivity contribution in [1.82, 2.24) is 4.90 Å². The van der Waals surface area contributed by atoms with E-state index in [1.807, 2.05) is 0 Å². The monoisotopic (exact) mass is 306 g/mol. The number of nitrogens with zero attached hydrogens (tertiary/aromatic N) is 2. The lowest BCUT2D eigenvalue weighted by Crippen LogP contribution is -2.67. The van der Waals surface area contributed by atoms with Gasteiger partial charge in [-0.05, 0) is 0 Å². The predicted molar refractivity (Wildman–Crippen MR) is 59.0 cm³/mol. The summed E-state index contributed by atoms with van der Waals surface area (Å²) >= 11 is 0. The molecule has 1 N–H and O–H groups in total. The molecule has 3 aliphatic heterocycles. The smallest absolute Gasteiger partial charge is 0.485 e. The summed E-state index contributed by atoms with van der Waals surface area (Å²) in [6.45, 7) is 8.88. The molecule has 3 saturated heterocycles. The molecule has 0 aromatic rings. The Kier molecular flexibility index (Phi) is 5.18. The molecule has 0 amide bonds. The first-order valence-electron chi connectivity index (χ1n) is 5.80. The highest BCUT2D eigenvalue weighted by Gasteiger charge is 2.37. The molecule has 0 spiro atoms. The first-order chi connectivity index (χ1) is 8.60. The molecule has 3 aliphatic rings. The van der Waals surface area contributed by atoms with Crippen LogP contribution in [-0.4, -0.2) is 85.4 Å². The highest BCUT2D eigenvalue weighted by atomic mass is 32.2. The number of aliphatic hydroxyl groups excluding tert-OH is 1. The minimum absolute atomic E-state index is 0.361. The average Bonchev–Trinajstić information content (AvgIpc) is 2.29. The summed E-state index contributed by atoms with van der Waals surface area (Å²) in [5, 5.41) is 8.90. The van der Waals surface area contributed by atoms with Gasteiger partial charge >= 0.3 is 5.51 Å². The Morgan fingerprint density at radius 1 is 1.16 bits per heavy atom. The second kappa shape index (κ2) is 5.92. The zero-order valence-electron chi connectivity index (χ0n) is 10.3. The molecule has 0 aliphatic carbocycles.